The SMILES string of the molecule is N#Cc1ccnc(NC2(C(=O)O)CCCCC2)c1. The lowest BCUT2D eigenvalue weighted by Crippen LogP contribution is -2.48. The van der Waals surface area contributed by atoms with Gasteiger partial charge in [-0.2, -0.15) is 5.26 Å². The van der Waals surface area contributed by atoms with Crippen molar-refractivity contribution in [3.8, 4) is 6.07 Å². The lowest BCUT2D eigenvalue weighted by Gasteiger charge is -2.34. The molecule has 1 heterocycles. The summed E-state index contributed by atoms with van der Waals surface area (Å²) in [5, 5.41) is 21.2. The van der Waals surface area contributed by atoms with E-state index in [0.717, 1.165) is 19.3 Å². The van der Waals surface area contributed by atoms with Crippen LogP contribution in [-0.4, -0.2) is 21.6 Å². The van der Waals surface area contributed by atoms with E-state index in [2.05, 4.69) is 10.3 Å². The molecule has 1 saturated carbocycles. The van der Waals surface area contributed by atoms with Crippen molar-refractivity contribution in [2.75, 3.05) is 5.32 Å². The molecule has 0 unspecified atom stereocenters. The first-order valence-corrected chi connectivity index (χ1v) is 6.04. The van der Waals surface area contributed by atoms with Crippen molar-refractivity contribution in [2.45, 2.75) is 37.6 Å². The first kappa shape index (κ1) is 12.4. The fourth-order valence-electron chi connectivity index (χ4n) is 2.36. The van der Waals surface area contributed by atoms with Crippen LogP contribution in [0.1, 0.15) is 37.7 Å². The number of carbonyl (C=O) groups is 1. The van der Waals surface area contributed by atoms with Crippen LogP contribution >= 0.6 is 0 Å². The number of aliphatic carboxylic acids is 1. The summed E-state index contributed by atoms with van der Waals surface area (Å²) in [4.78, 5) is 15.6. The van der Waals surface area contributed by atoms with Crippen LogP contribution in [0.2, 0.25) is 0 Å². The van der Waals surface area contributed by atoms with E-state index in [4.69, 9.17) is 5.26 Å². The average molecular weight is 245 g/mol. The first-order valence-electron chi connectivity index (χ1n) is 6.04. The number of hydrogen-bond donors (Lipinski definition) is 2. The minimum absolute atomic E-state index is 0.457. The third-order valence-electron chi connectivity index (χ3n) is 3.37. The second-order valence-electron chi connectivity index (χ2n) is 4.61. The number of nitriles is 1. The predicted octanol–water partition coefficient (Wildman–Crippen LogP) is 2.15. The Bertz CT molecular complexity index is 487. The monoisotopic (exact) mass is 245 g/mol. The average Bonchev–Trinajstić information content (AvgIpc) is 2.40. The number of carboxylic acids is 1. The fraction of sp³-hybridized carbons (Fsp3) is 0.462. The second kappa shape index (κ2) is 5.05. The fourth-order valence-corrected chi connectivity index (χ4v) is 2.36. The third-order valence-corrected chi connectivity index (χ3v) is 3.37. The normalized spacial score (nSPS) is 17.7. The summed E-state index contributed by atoms with van der Waals surface area (Å²) in [6.45, 7) is 0. The van der Waals surface area contributed by atoms with Gasteiger partial charge < -0.3 is 10.4 Å². The van der Waals surface area contributed by atoms with E-state index in [1.165, 1.54) is 6.20 Å². The van der Waals surface area contributed by atoms with Crippen molar-refractivity contribution in [1.82, 2.24) is 4.98 Å². The topological polar surface area (TPSA) is 86.0 Å². The Balaban J connectivity index is 2.23. The van der Waals surface area contributed by atoms with E-state index in [0.29, 0.717) is 24.2 Å². The maximum absolute atomic E-state index is 11.5. The Kier molecular flexibility index (Phi) is 3.47. The molecular weight excluding hydrogens is 230 g/mol. The number of aromatic nitrogens is 1. The summed E-state index contributed by atoms with van der Waals surface area (Å²) in [5.41, 5.74) is -0.455. The van der Waals surface area contributed by atoms with Crippen molar-refractivity contribution in [3.05, 3.63) is 23.9 Å². The van der Waals surface area contributed by atoms with Gasteiger partial charge in [0.15, 0.2) is 0 Å². The first-order chi connectivity index (χ1) is 8.66. The Morgan fingerprint density at radius 2 is 2.17 bits per heavy atom. The molecule has 5 nitrogen and oxygen atoms in total. The molecule has 5 heteroatoms. The van der Waals surface area contributed by atoms with Crippen molar-refractivity contribution < 1.29 is 9.90 Å². The molecule has 0 atom stereocenters. The lowest BCUT2D eigenvalue weighted by molar-refractivity contribution is -0.143. The molecule has 1 aromatic heterocycles. The summed E-state index contributed by atoms with van der Waals surface area (Å²) in [6, 6.07) is 5.20. The van der Waals surface area contributed by atoms with Gasteiger partial charge in [0, 0.05) is 6.20 Å². The zero-order valence-corrected chi connectivity index (χ0v) is 10.0. The molecule has 0 radical (unpaired) electrons. The second-order valence-corrected chi connectivity index (χ2v) is 4.61. The Morgan fingerprint density at radius 3 is 2.78 bits per heavy atom. The summed E-state index contributed by atoms with van der Waals surface area (Å²) >= 11 is 0. The van der Waals surface area contributed by atoms with Gasteiger partial charge in [0.2, 0.25) is 0 Å². The van der Waals surface area contributed by atoms with Crippen LogP contribution in [0.3, 0.4) is 0 Å². The number of rotatable bonds is 3. The van der Waals surface area contributed by atoms with Gasteiger partial charge in [-0.05, 0) is 25.0 Å². The van der Waals surface area contributed by atoms with Gasteiger partial charge in [-0.15, -0.1) is 0 Å². The van der Waals surface area contributed by atoms with E-state index in [-0.39, 0.29) is 0 Å². The molecule has 0 saturated heterocycles. The van der Waals surface area contributed by atoms with E-state index in [1.807, 2.05) is 6.07 Å². The minimum Gasteiger partial charge on any atom is -0.480 e. The quantitative estimate of drug-likeness (QED) is 0.852. The van der Waals surface area contributed by atoms with Gasteiger partial charge in [0.05, 0.1) is 11.6 Å². The van der Waals surface area contributed by atoms with Crippen LogP contribution in [0.4, 0.5) is 5.82 Å². The Morgan fingerprint density at radius 1 is 1.44 bits per heavy atom. The summed E-state index contributed by atoms with van der Waals surface area (Å²) in [6.07, 6.45) is 5.58. The van der Waals surface area contributed by atoms with Crippen LogP contribution in [0, 0.1) is 11.3 Å². The van der Waals surface area contributed by atoms with E-state index < -0.39 is 11.5 Å². The van der Waals surface area contributed by atoms with Crippen LogP contribution < -0.4 is 5.32 Å². The maximum atomic E-state index is 11.5. The zero-order valence-electron chi connectivity index (χ0n) is 10.0. The number of nitrogens with zero attached hydrogens (tertiary/aromatic N) is 2. The highest BCUT2D eigenvalue weighted by Gasteiger charge is 2.39. The molecule has 18 heavy (non-hydrogen) atoms. The molecule has 2 rings (SSSR count). The molecule has 0 amide bonds. The minimum atomic E-state index is -0.931. The maximum Gasteiger partial charge on any atom is 0.329 e. The summed E-state index contributed by atoms with van der Waals surface area (Å²) < 4.78 is 0. The molecule has 94 valence electrons. The van der Waals surface area contributed by atoms with E-state index in [1.54, 1.807) is 12.1 Å². The molecule has 1 aromatic rings. The number of carboxylic acid groups (broad SMARTS) is 1. The largest absolute Gasteiger partial charge is 0.480 e. The van der Waals surface area contributed by atoms with Crippen LogP contribution in [0.15, 0.2) is 18.3 Å². The molecule has 2 N–H and O–H groups in total. The van der Waals surface area contributed by atoms with Crippen molar-refractivity contribution >= 4 is 11.8 Å². The number of hydrogen-bond acceptors (Lipinski definition) is 4. The number of pyridine rings is 1. The summed E-state index contributed by atoms with van der Waals surface area (Å²) in [5.74, 6) is -0.385. The van der Waals surface area contributed by atoms with Gasteiger partial charge >= 0.3 is 5.97 Å². The highest BCUT2D eigenvalue weighted by molar-refractivity contribution is 5.82. The van der Waals surface area contributed by atoms with Gasteiger partial charge in [-0.1, -0.05) is 19.3 Å². The van der Waals surface area contributed by atoms with Gasteiger partial charge in [0.1, 0.15) is 11.4 Å². The Labute approximate surface area is 105 Å². The molecule has 1 aliphatic rings. The molecule has 1 fully saturated rings. The molecule has 1 aliphatic carbocycles. The van der Waals surface area contributed by atoms with E-state index >= 15 is 0 Å². The molecule has 0 aliphatic heterocycles. The Hall–Kier alpha value is -2.09. The molecule has 0 spiro atoms. The molecular formula is C13H15N3O2. The predicted molar refractivity (Wildman–Crippen MR) is 66.0 cm³/mol. The summed E-state index contributed by atoms with van der Waals surface area (Å²) in [7, 11) is 0. The van der Waals surface area contributed by atoms with Crippen molar-refractivity contribution in [1.29, 1.82) is 5.26 Å². The molecule has 0 bridgehead atoms. The standard InChI is InChI=1S/C13H15N3O2/c14-9-10-4-7-15-11(8-10)16-13(12(17)18)5-2-1-3-6-13/h4,7-8H,1-3,5-6H2,(H,15,16)(H,17,18). The number of nitrogens with one attached hydrogen (secondary N) is 1. The highest BCUT2D eigenvalue weighted by Crippen LogP contribution is 2.31. The van der Waals surface area contributed by atoms with Crippen LogP contribution in [-0.2, 0) is 4.79 Å². The van der Waals surface area contributed by atoms with Crippen molar-refractivity contribution in [3.63, 3.8) is 0 Å². The van der Waals surface area contributed by atoms with Crippen molar-refractivity contribution in [2.24, 2.45) is 0 Å². The molecule has 0 aromatic carbocycles. The van der Waals surface area contributed by atoms with Crippen LogP contribution in [0.25, 0.3) is 0 Å². The highest BCUT2D eigenvalue weighted by atomic mass is 16.4. The zero-order chi connectivity index (χ0) is 13.0. The van der Waals surface area contributed by atoms with E-state index in [9.17, 15) is 9.90 Å². The smallest absolute Gasteiger partial charge is 0.329 e. The van der Waals surface area contributed by atoms with Gasteiger partial charge in [-0.3, -0.25) is 0 Å². The van der Waals surface area contributed by atoms with Crippen LogP contribution in [0.5, 0.6) is 0 Å². The lowest BCUT2D eigenvalue weighted by atomic mass is 9.81. The number of anilines is 1. The van der Waals surface area contributed by atoms with Gasteiger partial charge in [0.25, 0.3) is 0 Å². The van der Waals surface area contributed by atoms with Gasteiger partial charge in [-0.25, -0.2) is 9.78 Å². The third kappa shape index (κ3) is 2.43.